The molecule has 0 radical (unpaired) electrons. The Morgan fingerprint density at radius 3 is 2.95 bits per heavy atom. The first-order valence-electron chi connectivity index (χ1n) is 6.43. The molecular formula is C13H15N3O3S2. The maximum absolute atomic E-state index is 11.7. The number of nitrogens with zero attached hydrogens (tertiary/aromatic N) is 2. The average Bonchev–Trinajstić information content (AvgIpc) is 3.01. The molecule has 3 rings (SSSR count). The lowest BCUT2D eigenvalue weighted by atomic mass is 10.2. The molecule has 1 saturated heterocycles. The second kappa shape index (κ2) is 5.72. The smallest absolute Gasteiger partial charge is 0.241 e. The molecule has 0 aliphatic carbocycles. The van der Waals surface area contributed by atoms with Gasteiger partial charge in [0.15, 0.2) is 0 Å². The van der Waals surface area contributed by atoms with E-state index >= 15 is 0 Å². The molecule has 8 heteroatoms. The Kier molecular flexibility index (Phi) is 3.94. The highest BCUT2D eigenvalue weighted by Gasteiger charge is 2.27. The number of primary sulfonamides is 1. The second-order valence-electron chi connectivity index (χ2n) is 4.69. The van der Waals surface area contributed by atoms with Crippen LogP contribution in [-0.4, -0.2) is 33.1 Å². The molecule has 2 aromatic rings. The Balaban J connectivity index is 1.91. The topological polar surface area (TPSA) is 85.5 Å². The van der Waals surface area contributed by atoms with Crippen LogP contribution in [0, 0.1) is 0 Å². The number of aromatic nitrogens is 1. The standard InChI is InChI=1S/C13H15N3O3S2/c14-21(17,18)12-4-1-5-15-13(12)16-6-7-19-10(9-16)11-3-2-8-20-11/h1-5,8,10H,6-7,9H2,(H2,14,17,18). The SMILES string of the molecule is NS(=O)(=O)c1cccnc1N1CCOC(c2cccs2)C1. The number of nitrogens with two attached hydrogens (primary N) is 1. The number of hydrogen-bond acceptors (Lipinski definition) is 6. The zero-order chi connectivity index (χ0) is 14.9. The van der Waals surface area contributed by atoms with Crippen molar-refractivity contribution in [1.29, 1.82) is 0 Å². The molecule has 1 atom stereocenters. The lowest BCUT2D eigenvalue weighted by Gasteiger charge is -2.34. The largest absolute Gasteiger partial charge is 0.369 e. The van der Waals surface area contributed by atoms with Crippen LogP contribution >= 0.6 is 11.3 Å². The Morgan fingerprint density at radius 2 is 2.24 bits per heavy atom. The summed E-state index contributed by atoms with van der Waals surface area (Å²) in [5.41, 5.74) is 0. The first-order chi connectivity index (χ1) is 10.1. The van der Waals surface area contributed by atoms with E-state index in [0.717, 1.165) is 4.88 Å². The molecule has 1 aliphatic heterocycles. The summed E-state index contributed by atoms with van der Waals surface area (Å²) < 4.78 is 29.1. The molecule has 0 aromatic carbocycles. The summed E-state index contributed by atoms with van der Waals surface area (Å²) in [5.74, 6) is 0.393. The molecule has 2 aromatic heterocycles. The van der Waals surface area contributed by atoms with Crippen LogP contribution < -0.4 is 10.0 Å². The van der Waals surface area contributed by atoms with Crippen molar-refractivity contribution < 1.29 is 13.2 Å². The summed E-state index contributed by atoms with van der Waals surface area (Å²) in [6.07, 6.45) is 1.49. The Morgan fingerprint density at radius 1 is 1.38 bits per heavy atom. The summed E-state index contributed by atoms with van der Waals surface area (Å²) >= 11 is 1.62. The minimum atomic E-state index is -3.80. The van der Waals surface area contributed by atoms with Crippen molar-refractivity contribution in [3.63, 3.8) is 0 Å². The quantitative estimate of drug-likeness (QED) is 0.921. The molecule has 0 amide bonds. The van der Waals surface area contributed by atoms with Crippen LogP contribution in [0.3, 0.4) is 0 Å². The van der Waals surface area contributed by atoms with E-state index in [-0.39, 0.29) is 11.0 Å². The summed E-state index contributed by atoms with van der Waals surface area (Å²) in [4.78, 5) is 7.28. The fourth-order valence-corrected chi connectivity index (χ4v) is 3.80. The third-order valence-electron chi connectivity index (χ3n) is 3.28. The molecule has 1 aliphatic rings. The predicted octanol–water partition coefficient (Wildman–Crippen LogP) is 1.37. The maximum atomic E-state index is 11.7. The number of ether oxygens (including phenoxy) is 1. The van der Waals surface area contributed by atoms with E-state index in [4.69, 9.17) is 9.88 Å². The Bertz CT molecular complexity index is 716. The summed E-state index contributed by atoms with van der Waals surface area (Å²) in [7, 11) is -3.80. The van der Waals surface area contributed by atoms with Gasteiger partial charge in [0.05, 0.1) is 13.2 Å². The van der Waals surface area contributed by atoms with Gasteiger partial charge >= 0.3 is 0 Å². The first-order valence-corrected chi connectivity index (χ1v) is 8.86. The highest BCUT2D eigenvalue weighted by atomic mass is 32.2. The van der Waals surface area contributed by atoms with E-state index in [1.54, 1.807) is 23.6 Å². The van der Waals surface area contributed by atoms with Gasteiger partial charge in [0.2, 0.25) is 10.0 Å². The average molecular weight is 325 g/mol. The lowest BCUT2D eigenvalue weighted by molar-refractivity contribution is 0.0416. The van der Waals surface area contributed by atoms with E-state index in [1.165, 1.54) is 6.07 Å². The molecule has 2 N–H and O–H groups in total. The van der Waals surface area contributed by atoms with Crippen molar-refractivity contribution in [1.82, 2.24) is 4.98 Å². The molecule has 0 spiro atoms. The van der Waals surface area contributed by atoms with Crippen LogP contribution in [0.5, 0.6) is 0 Å². The van der Waals surface area contributed by atoms with Crippen LogP contribution in [0.1, 0.15) is 11.0 Å². The van der Waals surface area contributed by atoms with Gasteiger partial charge in [-0.15, -0.1) is 11.3 Å². The van der Waals surface area contributed by atoms with E-state index in [9.17, 15) is 8.42 Å². The summed E-state index contributed by atoms with van der Waals surface area (Å²) in [6.45, 7) is 1.66. The number of pyridine rings is 1. The van der Waals surface area contributed by atoms with Gasteiger partial charge in [0.25, 0.3) is 0 Å². The molecule has 0 saturated carbocycles. The zero-order valence-corrected chi connectivity index (χ0v) is 12.8. The molecule has 0 bridgehead atoms. The van der Waals surface area contributed by atoms with Gasteiger partial charge in [-0.1, -0.05) is 6.07 Å². The van der Waals surface area contributed by atoms with Crippen LogP contribution in [-0.2, 0) is 14.8 Å². The van der Waals surface area contributed by atoms with E-state index in [1.807, 2.05) is 22.4 Å². The van der Waals surface area contributed by atoms with Gasteiger partial charge in [-0.2, -0.15) is 0 Å². The van der Waals surface area contributed by atoms with Crippen LogP contribution in [0.15, 0.2) is 40.7 Å². The lowest BCUT2D eigenvalue weighted by Crippen LogP contribution is -2.39. The minimum Gasteiger partial charge on any atom is -0.369 e. The normalized spacial score (nSPS) is 19.7. The van der Waals surface area contributed by atoms with Gasteiger partial charge in [0, 0.05) is 17.6 Å². The highest BCUT2D eigenvalue weighted by Crippen LogP contribution is 2.30. The number of hydrogen-bond donors (Lipinski definition) is 1. The monoisotopic (exact) mass is 325 g/mol. The fraction of sp³-hybridized carbons (Fsp3) is 0.308. The molecule has 3 heterocycles. The minimum absolute atomic E-state index is 0.0526. The number of rotatable bonds is 3. The molecule has 21 heavy (non-hydrogen) atoms. The fourth-order valence-electron chi connectivity index (χ4n) is 2.33. The van der Waals surface area contributed by atoms with Crippen LogP contribution in [0.2, 0.25) is 0 Å². The summed E-state index contributed by atoms with van der Waals surface area (Å²) in [5, 5.41) is 7.26. The van der Waals surface area contributed by atoms with Gasteiger partial charge < -0.3 is 9.64 Å². The first kappa shape index (κ1) is 14.5. The van der Waals surface area contributed by atoms with Gasteiger partial charge in [-0.25, -0.2) is 18.5 Å². The van der Waals surface area contributed by atoms with Crippen molar-refractivity contribution in [2.45, 2.75) is 11.0 Å². The van der Waals surface area contributed by atoms with Crippen molar-refractivity contribution in [2.24, 2.45) is 5.14 Å². The van der Waals surface area contributed by atoms with Crippen LogP contribution in [0.25, 0.3) is 0 Å². The van der Waals surface area contributed by atoms with E-state index < -0.39 is 10.0 Å². The molecule has 1 unspecified atom stereocenters. The van der Waals surface area contributed by atoms with Crippen molar-refractivity contribution in [3.8, 4) is 0 Å². The molecule has 1 fully saturated rings. The number of sulfonamides is 1. The highest BCUT2D eigenvalue weighted by molar-refractivity contribution is 7.89. The van der Waals surface area contributed by atoms with E-state index in [0.29, 0.717) is 25.5 Å². The number of thiophene rings is 1. The second-order valence-corrected chi connectivity index (χ2v) is 7.20. The molecule has 112 valence electrons. The van der Waals surface area contributed by atoms with E-state index in [2.05, 4.69) is 4.98 Å². The van der Waals surface area contributed by atoms with Gasteiger partial charge in [-0.05, 0) is 23.6 Å². The van der Waals surface area contributed by atoms with Gasteiger partial charge in [0.1, 0.15) is 16.8 Å². The van der Waals surface area contributed by atoms with Crippen molar-refractivity contribution in [3.05, 3.63) is 40.7 Å². The summed E-state index contributed by atoms with van der Waals surface area (Å²) in [6, 6.07) is 7.03. The number of anilines is 1. The molecule has 6 nitrogen and oxygen atoms in total. The van der Waals surface area contributed by atoms with Crippen molar-refractivity contribution in [2.75, 3.05) is 24.6 Å². The Hall–Kier alpha value is -1.48. The van der Waals surface area contributed by atoms with Crippen molar-refractivity contribution >= 4 is 27.2 Å². The zero-order valence-electron chi connectivity index (χ0n) is 11.2. The number of morpholine rings is 1. The Labute approximate surface area is 127 Å². The third-order valence-corrected chi connectivity index (χ3v) is 5.18. The van der Waals surface area contributed by atoms with Gasteiger partial charge in [-0.3, -0.25) is 0 Å². The van der Waals surface area contributed by atoms with Crippen LogP contribution in [0.4, 0.5) is 5.82 Å². The predicted molar refractivity (Wildman–Crippen MR) is 80.8 cm³/mol. The maximum Gasteiger partial charge on any atom is 0.241 e. The third kappa shape index (κ3) is 3.08. The molecular weight excluding hydrogens is 310 g/mol.